The van der Waals surface area contributed by atoms with Gasteiger partial charge in [-0.2, -0.15) is 5.48 Å². The van der Waals surface area contributed by atoms with Gasteiger partial charge in [0, 0.05) is 6.04 Å². The van der Waals surface area contributed by atoms with Crippen molar-refractivity contribution >= 4 is 0 Å². The van der Waals surface area contributed by atoms with Crippen LogP contribution in [0.15, 0.2) is 0 Å². The Morgan fingerprint density at radius 1 is 1.15 bits per heavy atom. The lowest BCUT2D eigenvalue weighted by atomic mass is 10.1. The van der Waals surface area contributed by atoms with E-state index < -0.39 is 0 Å². The molecule has 0 atom stereocenters. The van der Waals surface area contributed by atoms with Crippen molar-refractivity contribution in [2.45, 2.75) is 58.4 Å². The first-order valence-electron chi connectivity index (χ1n) is 5.66. The van der Waals surface area contributed by atoms with E-state index in [0.717, 1.165) is 6.61 Å². The molecule has 0 saturated heterocycles. The Bertz CT molecular complexity index is 117. The molecule has 0 aromatic heterocycles. The third-order valence-electron chi connectivity index (χ3n) is 2.52. The van der Waals surface area contributed by atoms with Crippen molar-refractivity contribution in [2.75, 3.05) is 6.61 Å². The van der Waals surface area contributed by atoms with Gasteiger partial charge in [-0.05, 0) is 18.8 Å². The number of nitrogens with one attached hydrogen (secondary N) is 1. The summed E-state index contributed by atoms with van der Waals surface area (Å²) in [6, 6.07) is 0.612. The molecule has 0 radical (unpaired) electrons. The quantitative estimate of drug-likeness (QED) is 0.537. The van der Waals surface area contributed by atoms with Gasteiger partial charge < -0.3 is 4.84 Å². The van der Waals surface area contributed by atoms with Crippen molar-refractivity contribution in [1.82, 2.24) is 5.48 Å². The van der Waals surface area contributed by atoms with Crippen LogP contribution in [-0.4, -0.2) is 12.6 Å². The van der Waals surface area contributed by atoms with Gasteiger partial charge in [-0.3, -0.25) is 0 Å². The zero-order valence-corrected chi connectivity index (χ0v) is 9.01. The molecule has 2 heteroatoms. The summed E-state index contributed by atoms with van der Waals surface area (Å²) in [5, 5.41) is 0. The van der Waals surface area contributed by atoms with Crippen LogP contribution in [0.3, 0.4) is 0 Å². The van der Waals surface area contributed by atoms with Crippen molar-refractivity contribution in [2.24, 2.45) is 5.92 Å². The number of hydrogen-bond donors (Lipinski definition) is 1. The van der Waals surface area contributed by atoms with Gasteiger partial charge >= 0.3 is 0 Å². The minimum Gasteiger partial charge on any atom is -0.301 e. The maximum absolute atomic E-state index is 5.44. The largest absolute Gasteiger partial charge is 0.301 e. The molecule has 0 aliphatic heterocycles. The van der Waals surface area contributed by atoms with E-state index in [1.165, 1.54) is 38.5 Å². The van der Waals surface area contributed by atoms with Crippen LogP contribution in [0.2, 0.25) is 0 Å². The van der Waals surface area contributed by atoms with Crippen molar-refractivity contribution in [3.63, 3.8) is 0 Å². The highest BCUT2D eigenvalue weighted by Crippen LogP contribution is 2.17. The van der Waals surface area contributed by atoms with Gasteiger partial charge in [0.05, 0.1) is 6.61 Å². The molecule has 1 fully saturated rings. The van der Waals surface area contributed by atoms with Crippen LogP contribution in [0.1, 0.15) is 52.4 Å². The van der Waals surface area contributed by atoms with Crippen LogP contribution in [0.4, 0.5) is 0 Å². The van der Waals surface area contributed by atoms with E-state index in [0.29, 0.717) is 12.0 Å². The lowest BCUT2D eigenvalue weighted by Gasteiger charge is -2.16. The van der Waals surface area contributed by atoms with Gasteiger partial charge in [-0.25, -0.2) is 0 Å². The standard InChI is InChI=1S/C11H23NO/c1-10(2)9-13-12-11-7-5-3-4-6-8-11/h10-12H,3-9H2,1-2H3. The van der Waals surface area contributed by atoms with Gasteiger partial charge in [0.25, 0.3) is 0 Å². The van der Waals surface area contributed by atoms with Crippen LogP contribution in [0, 0.1) is 5.92 Å². The molecule has 0 unspecified atom stereocenters. The maximum atomic E-state index is 5.44. The van der Waals surface area contributed by atoms with Gasteiger partial charge in [0.2, 0.25) is 0 Å². The number of rotatable bonds is 4. The normalized spacial score (nSPS) is 20.5. The summed E-state index contributed by atoms with van der Waals surface area (Å²) < 4.78 is 0. The third kappa shape index (κ3) is 5.27. The fourth-order valence-electron chi connectivity index (χ4n) is 1.73. The first kappa shape index (κ1) is 11.0. The van der Waals surface area contributed by atoms with E-state index in [4.69, 9.17) is 4.84 Å². The average Bonchev–Trinajstić information content (AvgIpc) is 2.32. The summed E-state index contributed by atoms with van der Waals surface area (Å²) in [4.78, 5) is 5.44. The molecule has 1 N–H and O–H groups in total. The van der Waals surface area contributed by atoms with Crippen molar-refractivity contribution in [3.05, 3.63) is 0 Å². The second-order valence-corrected chi connectivity index (χ2v) is 4.51. The minimum atomic E-state index is 0.612. The van der Waals surface area contributed by atoms with Crippen LogP contribution >= 0.6 is 0 Å². The summed E-state index contributed by atoms with van der Waals surface area (Å²) in [6.45, 7) is 5.18. The summed E-state index contributed by atoms with van der Waals surface area (Å²) in [5.74, 6) is 0.623. The predicted molar refractivity (Wildman–Crippen MR) is 55.4 cm³/mol. The number of hydroxylamine groups is 1. The Kier molecular flexibility index (Phi) is 5.40. The highest BCUT2D eigenvalue weighted by molar-refractivity contribution is 4.66. The molecule has 2 nitrogen and oxygen atoms in total. The van der Waals surface area contributed by atoms with Crippen LogP contribution in [-0.2, 0) is 4.84 Å². The van der Waals surface area contributed by atoms with Crippen molar-refractivity contribution in [1.29, 1.82) is 0 Å². The van der Waals surface area contributed by atoms with Crippen LogP contribution < -0.4 is 5.48 Å². The Morgan fingerprint density at radius 3 is 2.31 bits per heavy atom. The first-order valence-corrected chi connectivity index (χ1v) is 5.66. The minimum absolute atomic E-state index is 0.612. The Hall–Kier alpha value is -0.0800. The SMILES string of the molecule is CC(C)CONC1CCCCCC1. The van der Waals surface area contributed by atoms with Crippen molar-refractivity contribution in [3.8, 4) is 0 Å². The van der Waals surface area contributed by atoms with Gasteiger partial charge in [0.15, 0.2) is 0 Å². The molecule has 0 amide bonds. The maximum Gasteiger partial charge on any atom is 0.0705 e. The molecule has 0 bridgehead atoms. The lowest BCUT2D eigenvalue weighted by Crippen LogP contribution is -2.29. The molecule has 13 heavy (non-hydrogen) atoms. The molecule has 1 saturated carbocycles. The smallest absolute Gasteiger partial charge is 0.0705 e. The molecule has 0 heterocycles. The van der Waals surface area contributed by atoms with E-state index >= 15 is 0 Å². The van der Waals surface area contributed by atoms with Crippen LogP contribution in [0.25, 0.3) is 0 Å². The molecule has 0 aromatic rings. The zero-order chi connectivity index (χ0) is 9.52. The summed E-state index contributed by atoms with van der Waals surface area (Å²) >= 11 is 0. The molecule has 0 spiro atoms. The summed E-state index contributed by atoms with van der Waals surface area (Å²) in [5.41, 5.74) is 3.19. The zero-order valence-electron chi connectivity index (χ0n) is 9.01. The summed E-state index contributed by atoms with van der Waals surface area (Å²) in [6.07, 6.45) is 8.12. The molecular weight excluding hydrogens is 162 g/mol. The van der Waals surface area contributed by atoms with E-state index in [-0.39, 0.29) is 0 Å². The second-order valence-electron chi connectivity index (χ2n) is 4.51. The lowest BCUT2D eigenvalue weighted by molar-refractivity contribution is -0.00222. The third-order valence-corrected chi connectivity index (χ3v) is 2.52. The highest BCUT2D eigenvalue weighted by Gasteiger charge is 2.11. The Morgan fingerprint density at radius 2 is 1.77 bits per heavy atom. The average molecular weight is 185 g/mol. The molecule has 1 aliphatic carbocycles. The fourth-order valence-corrected chi connectivity index (χ4v) is 1.73. The van der Waals surface area contributed by atoms with E-state index in [2.05, 4.69) is 19.3 Å². The highest BCUT2D eigenvalue weighted by atomic mass is 16.6. The molecule has 0 aromatic carbocycles. The molecule has 1 aliphatic rings. The first-order chi connectivity index (χ1) is 6.29. The number of hydrogen-bond acceptors (Lipinski definition) is 2. The second kappa shape index (κ2) is 6.39. The molecule has 1 rings (SSSR count). The van der Waals surface area contributed by atoms with E-state index in [9.17, 15) is 0 Å². The van der Waals surface area contributed by atoms with Gasteiger partial charge in [-0.1, -0.05) is 39.5 Å². The Labute approximate surface area is 82.0 Å². The predicted octanol–water partition coefficient (Wildman–Crippen LogP) is 2.89. The van der Waals surface area contributed by atoms with Gasteiger partial charge in [-0.15, -0.1) is 0 Å². The molecule has 78 valence electrons. The molecular formula is C11H23NO. The topological polar surface area (TPSA) is 21.3 Å². The summed E-state index contributed by atoms with van der Waals surface area (Å²) in [7, 11) is 0. The van der Waals surface area contributed by atoms with E-state index in [1.807, 2.05) is 0 Å². The van der Waals surface area contributed by atoms with Crippen molar-refractivity contribution < 1.29 is 4.84 Å². The monoisotopic (exact) mass is 185 g/mol. The van der Waals surface area contributed by atoms with E-state index in [1.54, 1.807) is 0 Å². The van der Waals surface area contributed by atoms with Crippen LogP contribution in [0.5, 0.6) is 0 Å². The Balaban J connectivity index is 2.05. The fraction of sp³-hybridized carbons (Fsp3) is 1.00. The van der Waals surface area contributed by atoms with Gasteiger partial charge in [0.1, 0.15) is 0 Å².